The van der Waals surface area contributed by atoms with Crippen LogP contribution in [0.2, 0.25) is 0 Å². The molecule has 7 heteroatoms. The zero-order valence-electron chi connectivity index (χ0n) is 11.8. The largest absolute Gasteiger partial charge is 0.478 e. The van der Waals surface area contributed by atoms with Crippen molar-refractivity contribution in [3.63, 3.8) is 0 Å². The molecule has 1 aliphatic heterocycles. The highest BCUT2D eigenvalue weighted by Gasteiger charge is 2.65. The van der Waals surface area contributed by atoms with Crippen LogP contribution >= 0.6 is 0 Å². The molecule has 0 aliphatic carbocycles. The Kier molecular flexibility index (Phi) is 4.46. The smallest absolute Gasteiger partial charge is 0.460 e. The summed E-state index contributed by atoms with van der Waals surface area (Å²) in [5.74, 6) is -5.09. The third-order valence-electron chi connectivity index (χ3n) is 3.23. The van der Waals surface area contributed by atoms with Gasteiger partial charge in [-0.05, 0) is 18.6 Å². The van der Waals surface area contributed by atoms with Gasteiger partial charge in [0.15, 0.2) is 0 Å². The highest BCUT2D eigenvalue weighted by molar-refractivity contribution is 5.95. The number of fused-ring (bicyclic) bond motifs is 1. The Bertz CT molecular complexity index is 595. The summed E-state index contributed by atoms with van der Waals surface area (Å²) in [4.78, 5) is 11.3. The fourth-order valence-corrected chi connectivity index (χ4v) is 2.12. The minimum atomic E-state index is -5.03. The number of benzene rings is 1. The highest BCUT2D eigenvalue weighted by Crippen LogP contribution is 2.46. The van der Waals surface area contributed by atoms with Crippen LogP contribution in [-0.2, 0) is 9.53 Å². The summed E-state index contributed by atoms with van der Waals surface area (Å²) in [6, 6.07) is 5.90. The minimum absolute atomic E-state index is 0.0682. The third-order valence-corrected chi connectivity index (χ3v) is 3.23. The van der Waals surface area contributed by atoms with Gasteiger partial charge in [-0.25, -0.2) is 4.79 Å². The molecule has 1 aromatic carbocycles. The van der Waals surface area contributed by atoms with Crippen molar-refractivity contribution < 1.29 is 32.5 Å². The number of rotatable bonds is 5. The van der Waals surface area contributed by atoms with E-state index in [4.69, 9.17) is 9.47 Å². The number of carboxylic acids is 1. The molecule has 0 aromatic heterocycles. The second-order valence-electron chi connectivity index (χ2n) is 4.82. The molecule has 1 N–H and O–H groups in total. The molecule has 0 bridgehead atoms. The molecule has 0 amide bonds. The maximum Gasteiger partial charge on any atom is 0.460 e. The molecule has 1 atom stereocenters. The molecule has 0 spiro atoms. The van der Waals surface area contributed by atoms with Crippen molar-refractivity contribution >= 4 is 12.0 Å². The number of alkyl halides is 3. The monoisotopic (exact) mass is 316 g/mol. The number of aliphatic carboxylic acids is 1. The summed E-state index contributed by atoms with van der Waals surface area (Å²) in [7, 11) is 0. The topological polar surface area (TPSA) is 55.8 Å². The Morgan fingerprint density at radius 1 is 1.36 bits per heavy atom. The van der Waals surface area contributed by atoms with Crippen LogP contribution in [0.25, 0.3) is 6.08 Å². The second-order valence-corrected chi connectivity index (χ2v) is 4.82. The van der Waals surface area contributed by atoms with E-state index < -0.39 is 23.5 Å². The van der Waals surface area contributed by atoms with E-state index in [-0.39, 0.29) is 17.9 Å². The van der Waals surface area contributed by atoms with E-state index in [1.807, 2.05) is 0 Å². The quantitative estimate of drug-likeness (QED) is 0.843. The van der Waals surface area contributed by atoms with Crippen LogP contribution in [0.1, 0.15) is 25.3 Å². The van der Waals surface area contributed by atoms with E-state index >= 15 is 0 Å². The van der Waals surface area contributed by atoms with Crippen molar-refractivity contribution in [3.05, 3.63) is 35.4 Å². The highest BCUT2D eigenvalue weighted by atomic mass is 19.4. The standard InChI is InChI=1S/C15H15F3O4/c1-2-3-8-21-14(15(16,17)18)11(13(19)20)9-10-6-4-5-7-12(10)22-14/h4-7,9H,2-3,8H2,1H3,(H,19,20)/t14-/m1/s1. The molecule has 1 heterocycles. The fourth-order valence-electron chi connectivity index (χ4n) is 2.12. The number of para-hydroxylation sites is 1. The number of hydrogen-bond acceptors (Lipinski definition) is 3. The Morgan fingerprint density at radius 3 is 2.64 bits per heavy atom. The van der Waals surface area contributed by atoms with Gasteiger partial charge in [0.1, 0.15) is 11.3 Å². The van der Waals surface area contributed by atoms with Crippen LogP contribution in [0, 0.1) is 0 Å². The lowest BCUT2D eigenvalue weighted by atomic mass is 9.97. The van der Waals surface area contributed by atoms with Gasteiger partial charge in [-0.1, -0.05) is 31.5 Å². The molecule has 120 valence electrons. The molecule has 0 radical (unpaired) electrons. The number of carboxylic acid groups (broad SMARTS) is 1. The number of halogens is 3. The summed E-state index contributed by atoms with van der Waals surface area (Å²) in [6.45, 7) is 1.53. The third kappa shape index (κ3) is 2.81. The molecule has 0 saturated carbocycles. The molecule has 0 fully saturated rings. The first kappa shape index (κ1) is 16.4. The summed E-state index contributed by atoms with van der Waals surface area (Å²) >= 11 is 0. The van der Waals surface area contributed by atoms with Crippen molar-refractivity contribution in [1.29, 1.82) is 0 Å². The average molecular weight is 316 g/mol. The van der Waals surface area contributed by atoms with Gasteiger partial charge in [-0.3, -0.25) is 0 Å². The second kappa shape index (κ2) is 6.00. The van der Waals surface area contributed by atoms with Gasteiger partial charge >= 0.3 is 17.9 Å². The van der Waals surface area contributed by atoms with Crippen molar-refractivity contribution in [2.75, 3.05) is 6.61 Å². The van der Waals surface area contributed by atoms with Crippen molar-refractivity contribution in [2.24, 2.45) is 0 Å². The molecule has 4 nitrogen and oxygen atoms in total. The van der Waals surface area contributed by atoms with E-state index in [0.717, 1.165) is 6.08 Å². The molecular formula is C15H15F3O4. The van der Waals surface area contributed by atoms with Crippen LogP contribution in [0.4, 0.5) is 13.2 Å². The predicted molar refractivity (Wildman–Crippen MR) is 72.3 cm³/mol. The van der Waals surface area contributed by atoms with E-state index in [0.29, 0.717) is 12.8 Å². The van der Waals surface area contributed by atoms with Gasteiger partial charge in [-0.2, -0.15) is 13.2 Å². The summed E-state index contributed by atoms with van der Waals surface area (Å²) < 4.78 is 50.6. The van der Waals surface area contributed by atoms with Gasteiger partial charge < -0.3 is 14.6 Å². The maximum atomic E-state index is 13.6. The summed E-state index contributed by atoms with van der Waals surface area (Å²) in [6.07, 6.45) is -3.12. The number of ether oxygens (including phenoxy) is 2. The number of hydrogen-bond donors (Lipinski definition) is 1. The molecule has 0 saturated heterocycles. The zero-order chi connectivity index (χ0) is 16.4. The Balaban J connectivity index is 2.54. The van der Waals surface area contributed by atoms with Crippen molar-refractivity contribution in [1.82, 2.24) is 0 Å². The number of unbranched alkanes of at least 4 members (excludes halogenated alkanes) is 1. The van der Waals surface area contributed by atoms with Gasteiger partial charge in [0, 0.05) is 5.56 Å². The molecular weight excluding hydrogens is 301 g/mol. The summed E-state index contributed by atoms with van der Waals surface area (Å²) in [5, 5.41) is 9.19. The normalized spacial score (nSPS) is 20.8. The first-order valence-electron chi connectivity index (χ1n) is 6.76. The summed E-state index contributed by atoms with van der Waals surface area (Å²) in [5.41, 5.74) is -0.714. The van der Waals surface area contributed by atoms with E-state index in [2.05, 4.69) is 0 Å². The van der Waals surface area contributed by atoms with Gasteiger partial charge in [0.25, 0.3) is 0 Å². The first-order chi connectivity index (χ1) is 10.3. The lowest BCUT2D eigenvalue weighted by Gasteiger charge is -2.38. The molecule has 2 rings (SSSR count). The van der Waals surface area contributed by atoms with Crippen LogP contribution in [0.3, 0.4) is 0 Å². The van der Waals surface area contributed by atoms with Gasteiger partial charge in [-0.15, -0.1) is 0 Å². The zero-order valence-corrected chi connectivity index (χ0v) is 11.8. The lowest BCUT2D eigenvalue weighted by molar-refractivity contribution is -0.334. The van der Waals surface area contributed by atoms with Crippen LogP contribution in [-0.4, -0.2) is 29.6 Å². The van der Waals surface area contributed by atoms with Crippen LogP contribution in [0.5, 0.6) is 5.75 Å². The molecule has 1 aromatic rings. The molecule has 22 heavy (non-hydrogen) atoms. The van der Waals surface area contributed by atoms with Crippen molar-refractivity contribution in [2.45, 2.75) is 31.7 Å². The lowest BCUT2D eigenvalue weighted by Crippen LogP contribution is -2.57. The van der Waals surface area contributed by atoms with E-state index in [1.165, 1.54) is 18.2 Å². The Morgan fingerprint density at radius 2 is 2.05 bits per heavy atom. The van der Waals surface area contributed by atoms with Crippen LogP contribution in [0.15, 0.2) is 29.8 Å². The van der Waals surface area contributed by atoms with Crippen LogP contribution < -0.4 is 4.74 Å². The molecule has 1 aliphatic rings. The number of carbonyl (C=O) groups is 1. The Labute approximate surface area is 125 Å². The van der Waals surface area contributed by atoms with E-state index in [1.54, 1.807) is 13.0 Å². The van der Waals surface area contributed by atoms with Gasteiger partial charge in [0.2, 0.25) is 0 Å². The average Bonchev–Trinajstić information content (AvgIpc) is 2.45. The fraction of sp³-hybridized carbons (Fsp3) is 0.400. The first-order valence-corrected chi connectivity index (χ1v) is 6.76. The van der Waals surface area contributed by atoms with Gasteiger partial charge in [0.05, 0.1) is 6.61 Å². The Hall–Kier alpha value is -2.02. The predicted octanol–water partition coefficient (Wildman–Crippen LogP) is 3.62. The maximum absolute atomic E-state index is 13.6. The van der Waals surface area contributed by atoms with Crippen molar-refractivity contribution in [3.8, 4) is 5.75 Å². The molecule has 0 unspecified atom stereocenters. The SMILES string of the molecule is CCCCO[C@@]1(C(F)(F)F)Oc2ccccc2C=C1C(=O)O. The van der Waals surface area contributed by atoms with E-state index in [9.17, 15) is 23.1 Å². The minimum Gasteiger partial charge on any atom is -0.478 e.